The largest absolute Gasteiger partial charge is 0.391 e. The molecule has 1 rings (SSSR count). The second-order valence-electron chi connectivity index (χ2n) is 3.76. The standard InChI is InChI=1S/C13H18N2O2S/c1-2-17-9-8-11(16)15-12(13(14)18)10-6-4-3-5-7-10/h3-7,12H,2,8-9H2,1H3,(H2,14,18)(H,15,16). The van der Waals surface area contributed by atoms with Crippen LogP contribution >= 0.6 is 12.2 Å². The monoisotopic (exact) mass is 266 g/mol. The Morgan fingerprint density at radius 1 is 1.44 bits per heavy atom. The van der Waals surface area contributed by atoms with Crippen molar-refractivity contribution in [2.24, 2.45) is 5.73 Å². The van der Waals surface area contributed by atoms with E-state index >= 15 is 0 Å². The summed E-state index contributed by atoms with van der Waals surface area (Å²) in [6.45, 7) is 2.89. The van der Waals surface area contributed by atoms with Crippen molar-refractivity contribution in [3.8, 4) is 0 Å². The van der Waals surface area contributed by atoms with Crippen molar-refractivity contribution >= 4 is 23.1 Å². The van der Waals surface area contributed by atoms with Gasteiger partial charge in [0.25, 0.3) is 0 Å². The number of hydrogen-bond acceptors (Lipinski definition) is 3. The molecule has 0 radical (unpaired) electrons. The van der Waals surface area contributed by atoms with Gasteiger partial charge in [-0.2, -0.15) is 0 Å². The first-order valence-electron chi connectivity index (χ1n) is 5.86. The van der Waals surface area contributed by atoms with Gasteiger partial charge in [0.2, 0.25) is 5.91 Å². The number of carbonyl (C=O) groups excluding carboxylic acids is 1. The first kappa shape index (κ1) is 14.6. The Hall–Kier alpha value is -1.46. The van der Waals surface area contributed by atoms with Crippen LogP contribution in [0.2, 0.25) is 0 Å². The zero-order valence-corrected chi connectivity index (χ0v) is 11.2. The molecule has 0 saturated carbocycles. The molecule has 5 heteroatoms. The summed E-state index contributed by atoms with van der Waals surface area (Å²) in [5, 5.41) is 2.81. The molecule has 0 bridgehead atoms. The normalized spacial score (nSPS) is 11.8. The maximum absolute atomic E-state index is 11.7. The average molecular weight is 266 g/mol. The van der Waals surface area contributed by atoms with Gasteiger partial charge in [-0.05, 0) is 12.5 Å². The number of carbonyl (C=O) groups is 1. The predicted octanol–water partition coefficient (Wildman–Crippen LogP) is 1.56. The molecular formula is C13H18N2O2S. The average Bonchev–Trinajstić information content (AvgIpc) is 2.37. The maximum atomic E-state index is 11.7. The lowest BCUT2D eigenvalue weighted by atomic mass is 10.1. The van der Waals surface area contributed by atoms with Gasteiger partial charge in [-0.1, -0.05) is 42.5 Å². The minimum Gasteiger partial charge on any atom is -0.391 e. The molecule has 1 aromatic carbocycles. The topological polar surface area (TPSA) is 64.3 Å². The smallest absolute Gasteiger partial charge is 0.223 e. The van der Waals surface area contributed by atoms with E-state index in [0.29, 0.717) is 19.6 Å². The van der Waals surface area contributed by atoms with Crippen molar-refractivity contribution in [3.63, 3.8) is 0 Å². The third kappa shape index (κ3) is 4.81. The molecule has 1 aromatic rings. The summed E-state index contributed by atoms with van der Waals surface area (Å²) in [7, 11) is 0. The minimum absolute atomic E-state index is 0.120. The van der Waals surface area contributed by atoms with E-state index in [4.69, 9.17) is 22.7 Å². The van der Waals surface area contributed by atoms with E-state index in [1.54, 1.807) is 0 Å². The Bertz CT molecular complexity index is 395. The summed E-state index contributed by atoms with van der Waals surface area (Å²) in [5.41, 5.74) is 6.54. The molecular weight excluding hydrogens is 248 g/mol. The second-order valence-corrected chi connectivity index (χ2v) is 4.23. The number of thiocarbonyl (C=S) groups is 1. The third-order valence-electron chi connectivity index (χ3n) is 2.40. The Labute approximate surface area is 113 Å². The zero-order chi connectivity index (χ0) is 13.4. The third-order valence-corrected chi connectivity index (χ3v) is 2.64. The lowest BCUT2D eigenvalue weighted by Gasteiger charge is -2.17. The highest BCUT2D eigenvalue weighted by atomic mass is 32.1. The van der Waals surface area contributed by atoms with Crippen molar-refractivity contribution in [1.82, 2.24) is 5.32 Å². The summed E-state index contributed by atoms with van der Waals surface area (Å²) in [5.74, 6) is -0.120. The molecule has 4 nitrogen and oxygen atoms in total. The van der Waals surface area contributed by atoms with Crippen LogP contribution in [-0.2, 0) is 9.53 Å². The molecule has 1 unspecified atom stereocenters. The van der Waals surface area contributed by atoms with Crippen molar-refractivity contribution in [2.45, 2.75) is 19.4 Å². The number of benzene rings is 1. The quantitative estimate of drug-likeness (QED) is 0.580. The lowest BCUT2D eigenvalue weighted by molar-refractivity contribution is -0.122. The van der Waals surface area contributed by atoms with Crippen molar-refractivity contribution < 1.29 is 9.53 Å². The summed E-state index contributed by atoms with van der Waals surface area (Å²) in [6.07, 6.45) is 0.305. The van der Waals surface area contributed by atoms with E-state index < -0.39 is 6.04 Å². The van der Waals surface area contributed by atoms with Crippen molar-refractivity contribution in [2.75, 3.05) is 13.2 Å². The van der Waals surface area contributed by atoms with Crippen molar-refractivity contribution in [1.29, 1.82) is 0 Å². The van der Waals surface area contributed by atoms with Gasteiger partial charge in [0, 0.05) is 13.0 Å². The van der Waals surface area contributed by atoms with Crippen LogP contribution in [0.15, 0.2) is 30.3 Å². The number of rotatable bonds is 7. The summed E-state index contributed by atoms with van der Waals surface area (Å²) >= 11 is 4.98. The van der Waals surface area contributed by atoms with Crippen molar-refractivity contribution in [3.05, 3.63) is 35.9 Å². The van der Waals surface area contributed by atoms with E-state index in [0.717, 1.165) is 5.56 Å². The number of hydrogen-bond donors (Lipinski definition) is 2. The Morgan fingerprint density at radius 3 is 2.67 bits per heavy atom. The second kappa shape index (κ2) is 7.79. The van der Waals surface area contributed by atoms with Gasteiger partial charge in [-0.25, -0.2) is 0 Å². The van der Waals surface area contributed by atoms with E-state index in [2.05, 4.69) is 5.32 Å². The summed E-state index contributed by atoms with van der Waals surface area (Å²) in [4.78, 5) is 12.0. The highest BCUT2D eigenvalue weighted by Crippen LogP contribution is 2.12. The molecule has 0 heterocycles. The van der Waals surface area contributed by atoms with Crippen LogP contribution in [0.25, 0.3) is 0 Å². The number of nitrogens with two attached hydrogens (primary N) is 1. The molecule has 0 aliphatic carbocycles. The molecule has 1 atom stereocenters. The fourth-order valence-corrected chi connectivity index (χ4v) is 1.70. The Kier molecular flexibility index (Phi) is 6.32. The highest BCUT2D eigenvalue weighted by Gasteiger charge is 2.16. The van der Waals surface area contributed by atoms with Gasteiger partial charge in [-0.15, -0.1) is 0 Å². The van der Waals surface area contributed by atoms with Crippen LogP contribution in [0.4, 0.5) is 0 Å². The van der Waals surface area contributed by atoms with Crippen LogP contribution in [-0.4, -0.2) is 24.1 Å². The molecule has 1 amide bonds. The van der Waals surface area contributed by atoms with Crippen LogP contribution in [0.3, 0.4) is 0 Å². The van der Waals surface area contributed by atoms with Gasteiger partial charge in [-0.3, -0.25) is 4.79 Å². The van der Waals surface area contributed by atoms with Crippen LogP contribution in [0, 0.1) is 0 Å². The SMILES string of the molecule is CCOCCC(=O)NC(C(N)=S)c1ccccc1. The lowest BCUT2D eigenvalue weighted by Crippen LogP contribution is -2.36. The van der Waals surface area contributed by atoms with Gasteiger partial charge in [0.15, 0.2) is 0 Å². The van der Waals surface area contributed by atoms with Crippen LogP contribution < -0.4 is 11.1 Å². The van der Waals surface area contributed by atoms with Gasteiger partial charge in [0.05, 0.1) is 6.61 Å². The summed E-state index contributed by atoms with van der Waals surface area (Å²) in [6, 6.07) is 9.01. The minimum atomic E-state index is -0.421. The van der Waals surface area contributed by atoms with E-state index in [-0.39, 0.29) is 10.9 Å². The molecule has 0 saturated heterocycles. The fraction of sp³-hybridized carbons (Fsp3) is 0.385. The van der Waals surface area contributed by atoms with Crippen LogP contribution in [0.5, 0.6) is 0 Å². The number of nitrogens with one attached hydrogen (secondary N) is 1. The highest BCUT2D eigenvalue weighted by molar-refractivity contribution is 7.80. The Morgan fingerprint density at radius 2 is 2.11 bits per heavy atom. The molecule has 98 valence electrons. The Balaban J connectivity index is 2.59. The number of amides is 1. The van der Waals surface area contributed by atoms with E-state index in [1.807, 2.05) is 37.3 Å². The molecule has 0 aromatic heterocycles. The predicted molar refractivity (Wildman–Crippen MR) is 75.2 cm³/mol. The molecule has 18 heavy (non-hydrogen) atoms. The zero-order valence-electron chi connectivity index (χ0n) is 10.4. The summed E-state index contributed by atoms with van der Waals surface area (Å²) < 4.78 is 5.13. The van der Waals surface area contributed by atoms with Gasteiger partial charge >= 0.3 is 0 Å². The first-order chi connectivity index (χ1) is 8.65. The van der Waals surface area contributed by atoms with Crippen LogP contribution in [0.1, 0.15) is 24.9 Å². The first-order valence-corrected chi connectivity index (χ1v) is 6.27. The molecule has 0 aliphatic rings. The molecule has 0 spiro atoms. The van der Waals surface area contributed by atoms with Gasteiger partial charge < -0.3 is 15.8 Å². The fourth-order valence-electron chi connectivity index (χ4n) is 1.51. The van der Waals surface area contributed by atoms with Gasteiger partial charge in [0.1, 0.15) is 11.0 Å². The van der Waals surface area contributed by atoms with E-state index in [9.17, 15) is 4.79 Å². The van der Waals surface area contributed by atoms with E-state index in [1.165, 1.54) is 0 Å². The number of ether oxygens (including phenoxy) is 1. The molecule has 0 aliphatic heterocycles. The molecule has 0 fully saturated rings. The maximum Gasteiger partial charge on any atom is 0.223 e. The molecule has 3 N–H and O–H groups in total.